The molecule has 1 aromatic carbocycles. The van der Waals surface area contributed by atoms with Gasteiger partial charge in [0.25, 0.3) is 0 Å². The first-order valence-electron chi connectivity index (χ1n) is 4.29. The van der Waals surface area contributed by atoms with Crippen LogP contribution in [0.5, 0.6) is 0 Å². The topological polar surface area (TPSA) is 38.3 Å². The van der Waals surface area contributed by atoms with E-state index < -0.39 is 0 Å². The molecule has 0 saturated heterocycles. The van der Waals surface area contributed by atoms with Gasteiger partial charge in [-0.15, -0.1) is 0 Å². The largest absolute Gasteiger partial charge is 0.455 e. The molecule has 0 unspecified atom stereocenters. The molecule has 0 aromatic heterocycles. The lowest BCUT2D eigenvalue weighted by molar-refractivity contribution is -0.135. The van der Waals surface area contributed by atoms with Crippen LogP contribution in [0.1, 0.15) is 0 Å². The number of ether oxygens (including phenoxy) is 1. The zero-order valence-corrected chi connectivity index (χ0v) is 8.06. The number of para-hydroxylation sites is 1. The summed E-state index contributed by atoms with van der Waals surface area (Å²) in [6, 6.07) is 7.91. The van der Waals surface area contributed by atoms with Gasteiger partial charge >= 0.3 is 5.97 Å². The zero-order valence-electron chi connectivity index (χ0n) is 7.24. The first kappa shape index (κ1) is 7.94. The fourth-order valence-corrected chi connectivity index (χ4v) is 2.49. The Hall–Kier alpha value is -1.42. The van der Waals surface area contributed by atoms with Gasteiger partial charge in [0.15, 0.2) is 0 Å². The molecule has 0 aliphatic carbocycles. The van der Waals surface area contributed by atoms with Gasteiger partial charge in [0, 0.05) is 4.90 Å². The van der Waals surface area contributed by atoms with Gasteiger partial charge in [-0.3, -0.25) is 0 Å². The Morgan fingerprint density at radius 3 is 3.14 bits per heavy atom. The molecule has 1 aromatic rings. The van der Waals surface area contributed by atoms with E-state index in [0.29, 0.717) is 11.5 Å². The number of benzene rings is 1. The van der Waals surface area contributed by atoms with Crippen LogP contribution >= 0.6 is 11.8 Å². The van der Waals surface area contributed by atoms with E-state index in [1.54, 1.807) is 0 Å². The van der Waals surface area contributed by atoms with E-state index >= 15 is 0 Å². The molecule has 3 rings (SSSR count). The minimum atomic E-state index is -0.216. The van der Waals surface area contributed by atoms with E-state index in [1.165, 1.54) is 11.8 Å². The molecular formula is C10H7NO2S. The average Bonchev–Trinajstić information content (AvgIpc) is 2.57. The van der Waals surface area contributed by atoms with Crippen LogP contribution in [-0.2, 0) is 9.53 Å². The van der Waals surface area contributed by atoms with Crippen LogP contribution in [0.3, 0.4) is 0 Å². The van der Waals surface area contributed by atoms with Crippen molar-refractivity contribution in [2.75, 3.05) is 11.9 Å². The van der Waals surface area contributed by atoms with Crippen LogP contribution in [0, 0.1) is 0 Å². The highest BCUT2D eigenvalue weighted by molar-refractivity contribution is 8.04. The van der Waals surface area contributed by atoms with Gasteiger partial charge in [-0.2, -0.15) is 0 Å². The Morgan fingerprint density at radius 2 is 2.21 bits per heavy atom. The highest BCUT2D eigenvalue weighted by Gasteiger charge is 2.30. The predicted octanol–water partition coefficient (Wildman–Crippen LogP) is 1.97. The van der Waals surface area contributed by atoms with E-state index in [1.807, 2.05) is 24.3 Å². The summed E-state index contributed by atoms with van der Waals surface area (Å²) < 4.78 is 4.93. The van der Waals surface area contributed by atoms with Crippen molar-refractivity contribution in [3.8, 4) is 0 Å². The highest BCUT2D eigenvalue weighted by atomic mass is 32.2. The van der Waals surface area contributed by atoms with Gasteiger partial charge in [-0.1, -0.05) is 23.9 Å². The summed E-state index contributed by atoms with van der Waals surface area (Å²) in [5.41, 5.74) is 1.94. The second-order valence-electron chi connectivity index (χ2n) is 3.11. The molecule has 3 nitrogen and oxygen atoms in total. The van der Waals surface area contributed by atoms with Gasteiger partial charge < -0.3 is 10.1 Å². The van der Waals surface area contributed by atoms with Crippen molar-refractivity contribution < 1.29 is 9.53 Å². The van der Waals surface area contributed by atoms with Gasteiger partial charge in [0.2, 0.25) is 0 Å². The Labute approximate surface area is 85.1 Å². The van der Waals surface area contributed by atoms with Crippen molar-refractivity contribution in [2.24, 2.45) is 0 Å². The Balaban J connectivity index is 2.06. The normalized spacial score (nSPS) is 18.4. The monoisotopic (exact) mass is 205 g/mol. The van der Waals surface area contributed by atoms with Gasteiger partial charge in [-0.05, 0) is 12.1 Å². The minimum absolute atomic E-state index is 0.216. The molecule has 2 aliphatic heterocycles. The molecule has 0 bridgehead atoms. The molecule has 2 aliphatic rings. The molecule has 70 valence electrons. The SMILES string of the molecule is O=C1OCC2=C1Sc1ccccc1N2. The summed E-state index contributed by atoms with van der Waals surface area (Å²) in [6.45, 7) is 0.371. The number of cyclic esters (lactones) is 1. The number of esters is 1. The first-order valence-corrected chi connectivity index (χ1v) is 5.10. The zero-order chi connectivity index (χ0) is 9.54. The average molecular weight is 205 g/mol. The number of carbonyl (C=O) groups excluding carboxylic acids is 1. The van der Waals surface area contributed by atoms with Crippen molar-refractivity contribution in [3.63, 3.8) is 0 Å². The molecule has 4 heteroatoms. The molecule has 14 heavy (non-hydrogen) atoms. The van der Waals surface area contributed by atoms with E-state index in [9.17, 15) is 4.79 Å². The van der Waals surface area contributed by atoms with Crippen LogP contribution < -0.4 is 5.32 Å². The Morgan fingerprint density at radius 1 is 1.36 bits per heavy atom. The van der Waals surface area contributed by atoms with Crippen molar-refractivity contribution in [1.82, 2.24) is 0 Å². The summed E-state index contributed by atoms with van der Waals surface area (Å²) in [5.74, 6) is -0.216. The van der Waals surface area contributed by atoms with E-state index in [-0.39, 0.29) is 5.97 Å². The second kappa shape index (κ2) is 2.78. The van der Waals surface area contributed by atoms with Crippen LogP contribution in [-0.4, -0.2) is 12.6 Å². The summed E-state index contributed by atoms with van der Waals surface area (Å²) in [4.78, 5) is 13.0. The summed E-state index contributed by atoms with van der Waals surface area (Å²) >= 11 is 1.48. The van der Waals surface area contributed by atoms with Gasteiger partial charge in [-0.25, -0.2) is 4.79 Å². The number of fused-ring (bicyclic) bond motifs is 1. The molecule has 0 atom stereocenters. The van der Waals surface area contributed by atoms with Crippen LogP contribution in [0.15, 0.2) is 39.8 Å². The lowest BCUT2D eigenvalue weighted by Crippen LogP contribution is -2.06. The van der Waals surface area contributed by atoms with E-state index in [2.05, 4.69) is 5.32 Å². The second-order valence-corrected chi connectivity index (χ2v) is 4.16. The lowest BCUT2D eigenvalue weighted by atomic mass is 10.3. The minimum Gasteiger partial charge on any atom is -0.455 e. The maximum atomic E-state index is 11.3. The van der Waals surface area contributed by atoms with Crippen molar-refractivity contribution in [2.45, 2.75) is 4.90 Å². The predicted molar refractivity (Wildman–Crippen MR) is 53.9 cm³/mol. The fraction of sp³-hybridized carbons (Fsp3) is 0.100. The number of rotatable bonds is 0. The van der Waals surface area contributed by atoms with Crippen LogP contribution in [0.25, 0.3) is 0 Å². The van der Waals surface area contributed by atoms with Crippen LogP contribution in [0.2, 0.25) is 0 Å². The van der Waals surface area contributed by atoms with Gasteiger partial charge in [0.05, 0.1) is 11.4 Å². The first-order chi connectivity index (χ1) is 6.84. The molecule has 0 saturated carbocycles. The van der Waals surface area contributed by atoms with Crippen LogP contribution in [0.4, 0.5) is 5.69 Å². The third-order valence-electron chi connectivity index (χ3n) is 2.19. The maximum absolute atomic E-state index is 11.3. The highest BCUT2D eigenvalue weighted by Crippen LogP contribution is 2.41. The third-order valence-corrected chi connectivity index (χ3v) is 3.38. The number of hydrogen-bond donors (Lipinski definition) is 1. The molecule has 1 N–H and O–H groups in total. The molecule has 0 amide bonds. The van der Waals surface area contributed by atoms with Crippen molar-refractivity contribution in [3.05, 3.63) is 34.9 Å². The van der Waals surface area contributed by atoms with E-state index in [4.69, 9.17) is 4.74 Å². The molecule has 2 heterocycles. The number of hydrogen-bond acceptors (Lipinski definition) is 4. The summed E-state index contributed by atoms with van der Waals surface area (Å²) in [6.07, 6.45) is 0. The lowest BCUT2D eigenvalue weighted by Gasteiger charge is -2.16. The summed E-state index contributed by atoms with van der Waals surface area (Å²) in [7, 11) is 0. The Kier molecular flexibility index (Phi) is 1.58. The Bertz CT molecular complexity index is 453. The number of carbonyl (C=O) groups is 1. The number of nitrogens with one attached hydrogen (secondary N) is 1. The molecule has 0 radical (unpaired) electrons. The molecule has 0 spiro atoms. The van der Waals surface area contributed by atoms with E-state index in [0.717, 1.165) is 16.3 Å². The standard InChI is InChI=1S/C10H7NO2S/c12-10-9-7(5-13-10)11-6-3-1-2-4-8(6)14-9/h1-4,11H,5H2. The maximum Gasteiger partial charge on any atom is 0.347 e. The quantitative estimate of drug-likeness (QED) is 0.657. The molecular weight excluding hydrogens is 198 g/mol. The van der Waals surface area contributed by atoms with Crippen molar-refractivity contribution >= 4 is 23.4 Å². The fourth-order valence-electron chi connectivity index (χ4n) is 1.52. The number of thioether (sulfide) groups is 1. The van der Waals surface area contributed by atoms with Gasteiger partial charge in [0.1, 0.15) is 11.5 Å². The smallest absolute Gasteiger partial charge is 0.347 e. The van der Waals surface area contributed by atoms with Crippen molar-refractivity contribution in [1.29, 1.82) is 0 Å². The molecule has 0 fully saturated rings. The third kappa shape index (κ3) is 1.04. The number of anilines is 1. The summed E-state index contributed by atoms with van der Waals surface area (Å²) in [5, 5.41) is 3.20.